The Balaban J connectivity index is 2.39. The molecule has 2 aromatic rings. The van der Waals surface area contributed by atoms with Crippen LogP contribution in [0, 0.1) is 27.7 Å². The fourth-order valence-electron chi connectivity index (χ4n) is 2.60. The Hall–Kier alpha value is -2.10. The molecule has 2 rings (SSSR count). The van der Waals surface area contributed by atoms with Gasteiger partial charge >= 0.3 is 0 Å². The van der Waals surface area contributed by atoms with Crippen LogP contribution in [0.2, 0.25) is 0 Å². The molecule has 0 aliphatic rings. The minimum absolute atomic E-state index is 0.0640. The Labute approximate surface area is 125 Å². The van der Waals surface area contributed by atoms with Crippen molar-refractivity contribution < 1.29 is 9.53 Å². The number of benzene rings is 1. The highest BCUT2D eigenvalue weighted by Gasteiger charge is 2.19. The maximum Gasteiger partial charge on any atom is 0.171 e. The quantitative estimate of drug-likeness (QED) is 0.811. The minimum atomic E-state index is 0.0640. The average molecular weight is 286 g/mol. The summed E-state index contributed by atoms with van der Waals surface area (Å²) in [6.07, 6.45) is 0.352. The lowest BCUT2D eigenvalue weighted by atomic mass is 9.97. The van der Waals surface area contributed by atoms with E-state index >= 15 is 0 Å². The second-order valence-corrected chi connectivity index (χ2v) is 5.46. The Bertz CT molecular complexity index is 699. The molecule has 0 unspecified atom stereocenters. The number of hydrogen-bond donors (Lipinski definition) is 0. The van der Waals surface area contributed by atoms with Crippen LogP contribution < -0.4 is 4.74 Å². The van der Waals surface area contributed by atoms with Gasteiger partial charge in [-0.15, -0.1) is 0 Å². The molecule has 0 aliphatic heterocycles. The molecular formula is C17H22N2O2. The number of Topliss-reactive ketones (excluding diaryl/α,β-unsaturated/α-hetero) is 1. The molecular weight excluding hydrogens is 264 g/mol. The van der Waals surface area contributed by atoms with Crippen LogP contribution in [0.5, 0.6) is 5.75 Å². The number of ketones is 1. The molecule has 1 aromatic heterocycles. The number of aromatic nitrogens is 2. The van der Waals surface area contributed by atoms with Crippen molar-refractivity contribution in [3.8, 4) is 5.75 Å². The molecule has 0 saturated carbocycles. The topological polar surface area (TPSA) is 44.1 Å². The Morgan fingerprint density at radius 3 is 2.43 bits per heavy atom. The lowest BCUT2D eigenvalue weighted by molar-refractivity contribution is 0.0989. The number of nitrogens with zero attached hydrogens (tertiary/aromatic N) is 2. The van der Waals surface area contributed by atoms with Gasteiger partial charge in [0.1, 0.15) is 5.75 Å². The van der Waals surface area contributed by atoms with Gasteiger partial charge in [0.2, 0.25) is 0 Å². The van der Waals surface area contributed by atoms with Crippen molar-refractivity contribution in [3.05, 3.63) is 45.8 Å². The van der Waals surface area contributed by atoms with Gasteiger partial charge in [-0.2, -0.15) is 5.10 Å². The van der Waals surface area contributed by atoms with Gasteiger partial charge < -0.3 is 4.74 Å². The highest BCUT2D eigenvalue weighted by Crippen LogP contribution is 2.28. The van der Waals surface area contributed by atoms with E-state index in [1.165, 1.54) is 0 Å². The summed E-state index contributed by atoms with van der Waals surface area (Å²) >= 11 is 0. The van der Waals surface area contributed by atoms with Gasteiger partial charge in [-0.1, -0.05) is 6.07 Å². The van der Waals surface area contributed by atoms with E-state index in [1.54, 1.807) is 7.11 Å². The van der Waals surface area contributed by atoms with Gasteiger partial charge in [-0.3, -0.25) is 9.48 Å². The summed E-state index contributed by atoms with van der Waals surface area (Å²) < 4.78 is 7.25. The lowest BCUT2D eigenvalue weighted by Gasteiger charge is -2.13. The molecule has 0 amide bonds. The van der Waals surface area contributed by atoms with Crippen LogP contribution >= 0.6 is 0 Å². The van der Waals surface area contributed by atoms with Gasteiger partial charge in [0.15, 0.2) is 5.78 Å². The van der Waals surface area contributed by atoms with E-state index in [1.807, 2.05) is 51.6 Å². The first-order valence-electron chi connectivity index (χ1n) is 7.03. The monoisotopic (exact) mass is 286 g/mol. The summed E-state index contributed by atoms with van der Waals surface area (Å²) in [5.74, 6) is 0.744. The van der Waals surface area contributed by atoms with Crippen LogP contribution in [0.15, 0.2) is 12.1 Å². The van der Waals surface area contributed by atoms with Crippen LogP contribution in [-0.2, 0) is 13.5 Å². The fourth-order valence-corrected chi connectivity index (χ4v) is 2.60. The highest BCUT2D eigenvalue weighted by atomic mass is 16.5. The lowest BCUT2D eigenvalue weighted by Crippen LogP contribution is -2.09. The van der Waals surface area contributed by atoms with E-state index in [0.717, 1.165) is 28.1 Å². The predicted molar refractivity (Wildman–Crippen MR) is 83.2 cm³/mol. The summed E-state index contributed by atoms with van der Waals surface area (Å²) in [4.78, 5) is 12.7. The molecule has 0 N–H and O–H groups in total. The molecule has 0 aliphatic carbocycles. The predicted octanol–water partition coefficient (Wildman–Crippen LogP) is 3.09. The summed E-state index contributed by atoms with van der Waals surface area (Å²) in [6.45, 7) is 7.92. The zero-order valence-electron chi connectivity index (χ0n) is 13.6. The fraction of sp³-hybridized carbons (Fsp3) is 0.412. The number of hydrogen-bond acceptors (Lipinski definition) is 3. The first-order chi connectivity index (χ1) is 9.86. The second kappa shape index (κ2) is 5.72. The Morgan fingerprint density at radius 2 is 1.90 bits per heavy atom. The normalized spacial score (nSPS) is 10.8. The summed E-state index contributed by atoms with van der Waals surface area (Å²) in [6, 6.07) is 3.82. The van der Waals surface area contributed by atoms with Gasteiger partial charge in [0.25, 0.3) is 0 Å². The van der Waals surface area contributed by atoms with Gasteiger partial charge in [0.05, 0.1) is 18.4 Å². The number of aryl methyl sites for hydroxylation is 3. The number of methoxy groups -OCH3 is 1. The van der Waals surface area contributed by atoms with Gasteiger partial charge in [0, 0.05) is 24.7 Å². The molecule has 21 heavy (non-hydrogen) atoms. The minimum Gasteiger partial charge on any atom is -0.496 e. The summed E-state index contributed by atoms with van der Waals surface area (Å²) in [5, 5.41) is 4.36. The Kier molecular flexibility index (Phi) is 4.16. The van der Waals surface area contributed by atoms with E-state index in [2.05, 4.69) is 5.10 Å². The van der Waals surface area contributed by atoms with Crippen molar-refractivity contribution >= 4 is 5.78 Å². The molecule has 0 bridgehead atoms. The first kappa shape index (κ1) is 15.3. The third-order valence-corrected chi connectivity index (χ3v) is 4.18. The van der Waals surface area contributed by atoms with Crippen LogP contribution in [0.4, 0.5) is 0 Å². The molecule has 0 atom stereocenters. The van der Waals surface area contributed by atoms with Crippen molar-refractivity contribution in [1.82, 2.24) is 9.78 Å². The molecule has 0 radical (unpaired) electrons. The van der Waals surface area contributed by atoms with Gasteiger partial charge in [-0.05, 0) is 44.9 Å². The molecule has 4 nitrogen and oxygen atoms in total. The molecule has 1 aromatic carbocycles. The largest absolute Gasteiger partial charge is 0.496 e. The summed E-state index contributed by atoms with van der Waals surface area (Å²) in [7, 11) is 3.51. The number of carbonyl (C=O) groups excluding carboxylic acids is 1. The third-order valence-electron chi connectivity index (χ3n) is 4.18. The third kappa shape index (κ3) is 2.71. The van der Waals surface area contributed by atoms with Crippen molar-refractivity contribution in [2.75, 3.05) is 7.11 Å². The maximum absolute atomic E-state index is 12.7. The highest BCUT2D eigenvalue weighted by molar-refractivity contribution is 6.00. The molecule has 0 spiro atoms. The van der Waals surface area contributed by atoms with Crippen molar-refractivity contribution in [2.24, 2.45) is 7.05 Å². The van der Waals surface area contributed by atoms with E-state index in [0.29, 0.717) is 17.7 Å². The van der Waals surface area contributed by atoms with Crippen LogP contribution in [0.1, 0.15) is 38.4 Å². The average Bonchev–Trinajstić information content (AvgIpc) is 2.68. The summed E-state index contributed by atoms with van der Waals surface area (Å²) in [5.41, 5.74) is 5.72. The van der Waals surface area contributed by atoms with Crippen LogP contribution in [-0.4, -0.2) is 22.7 Å². The van der Waals surface area contributed by atoms with Crippen molar-refractivity contribution in [1.29, 1.82) is 0 Å². The molecule has 112 valence electrons. The Morgan fingerprint density at radius 1 is 1.24 bits per heavy atom. The molecule has 1 heterocycles. The number of ether oxygens (including phenoxy) is 1. The van der Waals surface area contributed by atoms with Gasteiger partial charge in [-0.25, -0.2) is 0 Å². The van der Waals surface area contributed by atoms with Crippen LogP contribution in [0.25, 0.3) is 0 Å². The van der Waals surface area contributed by atoms with E-state index in [4.69, 9.17) is 4.74 Å². The van der Waals surface area contributed by atoms with E-state index < -0.39 is 0 Å². The molecule has 0 saturated heterocycles. The molecule has 4 heteroatoms. The van der Waals surface area contributed by atoms with Crippen molar-refractivity contribution in [2.45, 2.75) is 34.1 Å². The van der Waals surface area contributed by atoms with E-state index in [9.17, 15) is 4.79 Å². The molecule has 0 fully saturated rings. The standard InChI is InChI=1S/C17H22N2O2/c1-10-7-8-14(17(21-6)11(10)2)16(20)9-15-12(3)18-19(5)13(15)4/h7-8H,9H2,1-6H3. The smallest absolute Gasteiger partial charge is 0.171 e. The number of rotatable bonds is 4. The second-order valence-electron chi connectivity index (χ2n) is 5.46. The number of carbonyl (C=O) groups is 1. The zero-order chi connectivity index (χ0) is 15.7. The SMILES string of the molecule is COc1c(C(=O)Cc2c(C)nn(C)c2C)ccc(C)c1C. The van der Waals surface area contributed by atoms with Crippen molar-refractivity contribution in [3.63, 3.8) is 0 Å². The van der Waals surface area contributed by atoms with E-state index in [-0.39, 0.29) is 5.78 Å². The van der Waals surface area contributed by atoms with Crippen LogP contribution in [0.3, 0.4) is 0 Å². The maximum atomic E-state index is 12.7. The zero-order valence-corrected chi connectivity index (χ0v) is 13.6. The first-order valence-corrected chi connectivity index (χ1v) is 7.03.